The second kappa shape index (κ2) is 10.3. The van der Waals surface area contributed by atoms with Gasteiger partial charge in [-0.15, -0.1) is 0 Å². The number of imidazole rings is 1. The van der Waals surface area contributed by atoms with Gasteiger partial charge in [-0.25, -0.2) is 4.98 Å². The van der Waals surface area contributed by atoms with E-state index in [2.05, 4.69) is 15.0 Å². The molecule has 0 amide bonds. The van der Waals surface area contributed by atoms with Crippen molar-refractivity contribution in [1.82, 2.24) is 15.0 Å². The summed E-state index contributed by atoms with van der Waals surface area (Å²) in [5.74, 6) is 0.103. The third-order valence-corrected chi connectivity index (χ3v) is 5.27. The van der Waals surface area contributed by atoms with Gasteiger partial charge >= 0.3 is 12.1 Å². The van der Waals surface area contributed by atoms with Crippen LogP contribution in [0.3, 0.4) is 0 Å². The predicted molar refractivity (Wildman–Crippen MR) is 113 cm³/mol. The highest BCUT2D eigenvalue weighted by Gasteiger charge is 2.33. The monoisotopic (exact) mass is 447 g/mol. The number of benzene rings is 1. The molecule has 3 aromatic rings. The summed E-state index contributed by atoms with van der Waals surface area (Å²) in [6.07, 6.45) is 4.17. The van der Waals surface area contributed by atoms with Gasteiger partial charge in [-0.1, -0.05) is 19.3 Å². The van der Waals surface area contributed by atoms with E-state index in [1.165, 1.54) is 37.6 Å². The van der Waals surface area contributed by atoms with Crippen LogP contribution in [-0.4, -0.2) is 31.1 Å². The van der Waals surface area contributed by atoms with E-state index in [4.69, 9.17) is 5.11 Å². The average Bonchev–Trinajstić information content (AvgIpc) is 3.26. The van der Waals surface area contributed by atoms with Crippen LogP contribution in [0.2, 0.25) is 0 Å². The lowest BCUT2D eigenvalue weighted by Crippen LogP contribution is -2.10. The summed E-state index contributed by atoms with van der Waals surface area (Å²) in [6.45, 7) is 0. The fraction of sp³-hybridized carbons (Fsp3) is 0.348. The number of alkyl halides is 3. The van der Waals surface area contributed by atoms with E-state index in [0.29, 0.717) is 23.6 Å². The van der Waals surface area contributed by atoms with Crippen molar-refractivity contribution >= 4 is 5.97 Å². The molecule has 6 nitrogen and oxygen atoms in total. The van der Waals surface area contributed by atoms with Crippen molar-refractivity contribution in [1.29, 1.82) is 0 Å². The molecule has 170 valence electrons. The number of aromatic hydroxyl groups is 1. The van der Waals surface area contributed by atoms with Crippen LogP contribution in [0.25, 0.3) is 22.6 Å². The average molecular weight is 447 g/mol. The third kappa shape index (κ3) is 6.57. The maximum Gasteiger partial charge on any atom is 0.432 e. The first-order valence-electron chi connectivity index (χ1n) is 10.3. The number of aromatic amines is 1. The molecule has 1 aliphatic carbocycles. The van der Waals surface area contributed by atoms with E-state index in [9.17, 15) is 23.1 Å². The van der Waals surface area contributed by atoms with Crippen LogP contribution in [0.5, 0.6) is 5.75 Å². The molecule has 2 heterocycles. The van der Waals surface area contributed by atoms with Crippen molar-refractivity contribution in [2.45, 2.75) is 44.7 Å². The summed E-state index contributed by atoms with van der Waals surface area (Å²) in [5.41, 5.74) is 0.995. The van der Waals surface area contributed by atoms with Crippen LogP contribution in [0.1, 0.15) is 44.2 Å². The summed E-state index contributed by atoms with van der Waals surface area (Å²) in [7, 11) is 0. The minimum Gasteiger partial charge on any atom is -0.508 e. The SMILES string of the molecule is O=C(O)CC1CCCCC1.Oc1ccc(-c2ccc(-c3ncc(C(F)(F)F)[nH]3)cn2)cc1. The molecular weight excluding hydrogens is 423 g/mol. The molecule has 1 aromatic carbocycles. The highest BCUT2D eigenvalue weighted by Crippen LogP contribution is 2.30. The zero-order valence-electron chi connectivity index (χ0n) is 17.3. The summed E-state index contributed by atoms with van der Waals surface area (Å²) in [6, 6.07) is 9.78. The van der Waals surface area contributed by atoms with Crippen LogP contribution in [0.15, 0.2) is 48.8 Å². The number of carboxylic acids is 1. The number of rotatable bonds is 4. The van der Waals surface area contributed by atoms with Crippen LogP contribution >= 0.6 is 0 Å². The summed E-state index contributed by atoms with van der Waals surface area (Å²) in [4.78, 5) is 20.4. The van der Waals surface area contributed by atoms with E-state index in [-0.39, 0.29) is 11.6 Å². The lowest BCUT2D eigenvalue weighted by atomic mass is 9.87. The van der Waals surface area contributed by atoms with Gasteiger partial charge in [0.2, 0.25) is 0 Å². The first-order valence-corrected chi connectivity index (χ1v) is 10.3. The Bertz CT molecular complexity index is 1010. The Labute approximate surface area is 183 Å². The largest absolute Gasteiger partial charge is 0.508 e. The van der Waals surface area contributed by atoms with Crippen molar-refractivity contribution in [3.05, 3.63) is 54.5 Å². The highest BCUT2D eigenvalue weighted by atomic mass is 19.4. The maximum atomic E-state index is 12.5. The van der Waals surface area contributed by atoms with Crippen molar-refractivity contribution in [2.75, 3.05) is 0 Å². The molecule has 0 saturated heterocycles. The van der Waals surface area contributed by atoms with Crippen LogP contribution in [-0.2, 0) is 11.0 Å². The highest BCUT2D eigenvalue weighted by molar-refractivity contribution is 5.67. The molecular formula is C23H24F3N3O3. The number of aliphatic carboxylic acids is 1. The first-order chi connectivity index (χ1) is 15.2. The first kappa shape index (κ1) is 23.3. The topological polar surface area (TPSA) is 99.1 Å². The van der Waals surface area contributed by atoms with Crippen LogP contribution in [0, 0.1) is 5.92 Å². The van der Waals surface area contributed by atoms with Gasteiger partial charge in [0.05, 0.1) is 11.9 Å². The normalized spacial score (nSPS) is 14.5. The Kier molecular flexibility index (Phi) is 7.50. The zero-order valence-corrected chi connectivity index (χ0v) is 17.3. The van der Waals surface area contributed by atoms with E-state index >= 15 is 0 Å². The van der Waals surface area contributed by atoms with Crippen LogP contribution < -0.4 is 0 Å². The molecule has 0 radical (unpaired) electrons. The number of pyridine rings is 1. The Balaban J connectivity index is 0.000000243. The molecule has 1 fully saturated rings. The number of carboxylic acid groups (broad SMARTS) is 1. The van der Waals surface area contributed by atoms with E-state index in [0.717, 1.165) is 24.6 Å². The van der Waals surface area contributed by atoms with E-state index in [1.54, 1.807) is 24.3 Å². The Morgan fingerprint density at radius 2 is 1.62 bits per heavy atom. The molecule has 4 rings (SSSR count). The Morgan fingerprint density at radius 1 is 0.969 bits per heavy atom. The quantitative estimate of drug-likeness (QED) is 0.462. The van der Waals surface area contributed by atoms with Crippen molar-refractivity contribution in [3.63, 3.8) is 0 Å². The van der Waals surface area contributed by atoms with Gasteiger partial charge in [0, 0.05) is 23.7 Å². The van der Waals surface area contributed by atoms with Gasteiger partial charge in [-0.05, 0) is 55.2 Å². The number of nitrogens with zero attached hydrogens (tertiary/aromatic N) is 2. The second-order valence-electron chi connectivity index (χ2n) is 7.72. The molecule has 9 heteroatoms. The number of phenolic OH excluding ortho intramolecular Hbond substituents is 1. The van der Waals surface area contributed by atoms with Crippen molar-refractivity contribution in [3.8, 4) is 28.4 Å². The molecule has 0 atom stereocenters. The smallest absolute Gasteiger partial charge is 0.432 e. The summed E-state index contributed by atoms with van der Waals surface area (Å²) >= 11 is 0. The van der Waals surface area contributed by atoms with E-state index in [1.807, 2.05) is 0 Å². The lowest BCUT2D eigenvalue weighted by molar-refractivity contribution is -0.141. The van der Waals surface area contributed by atoms with E-state index < -0.39 is 17.8 Å². The number of phenols is 1. The minimum absolute atomic E-state index is 0.108. The van der Waals surface area contributed by atoms with Gasteiger partial charge in [-0.3, -0.25) is 9.78 Å². The standard InChI is InChI=1S/C15H10F3N3O.C8H14O2/c16-15(17,18)13-8-20-14(21-13)10-3-6-12(19-7-10)9-1-4-11(22)5-2-9;9-8(10)6-7-4-2-1-3-5-7/h1-8,22H,(H,20,21);7H,1-6H2,(H,9,10). The number of halogens is 3. The molecule has 0 aliphatic heterocycles. The fourth-order valence-electron chi connectivity index (χ4n) is 3.59. The van der Waals surface area contributed by atoms with Crippen LogP contribution in [0.4, 0.5) is 13.2 Å². The molecule has 1 saturated carbocycles. The van der Waals surface area contributed by atoms with Crippen molar-refractivity contribution < 1.29 is 28.2 Å². The van der Waals surface area contributed by atoms with Gasteiger partial charge in [-0.2, -0.15) is 13.2 Å². The molecule has 0 bridgehead atoms. The number of hydrogen-bond acceptors (Lipinski definition) is 4. The summed E-state index contributed by atoms with van der Waals surface area (Å²) in [5, 5.41) is 17.7. The van der Waals surface area contributed by atoms with Crippen molar-refractivity contribution in [2.24, 2.45) is 5.92 Å². The molecule has 0 spiro atoms. The second-order valence-corrected chi connectivity index (χ2v) is 7.72. The Hall–Kier alpha value is -3.36. The number of H-pyrrole nitrogens is 1. The maximum absolute atomic E-state index is 12.5. The number of carbonyl (C=O) groups is 1. The zero-order chi connectivity index (χ0) is 23.1. The number of hydrogen-bond donors (Lipinski definition) is 3. The molecule has 2 aromatic heterocycles. The third-order valence-electron chi connectivity index (χ3n) is 5.27. The lowest BCUT2D eigenvalue weighted by Gasteiger charge is -2.18. The van der Waals surface area contributed by atoms with Gasteiger partial charge < -0.3 is 15.2 Å². The number of nitrogens with one attached hydrogen (secondary N) is 1. The summed E-state index contributed by atoms with van der Waals surface area (Å²) < 4.78 is 37.6. The molecule has 0 unspecified atom stereocenters. The predicted octanol–water partition coefficient (Wildman–Crippen LogP) is 5.90. The molecule has 3 N–H and O–H groups in total. The van der Waals surface area contributed by atoms with Gasteiger partial charge in [0.1, 0.15) is 17.3 Å². The fourth-order valence-corrected chi connectivity index (χ4v) is 3.59. The Morgan fingerprint density at radius 3 is 2.16 bits per heavy atom. The minimum atomic E-state index is -4.45. The number of aromatic nitrogens is 3. The molecule has 32 heavy (non-hydrogen) atoms. The van der Waals surface area contributed by atoms with Gasteiger partial charge in [0.15, 0.2) is 0 Å². The molecule has 1 aliphatic rings. The van der Waals surface area contributed by atoms with Gasteiger partial charge in [0.25, 0.3) is 0 Å².